The molecule has 1 aromatic carbocycles. The molecule has 1 aromatic rings. The molecule has 1 atom stereocenters. The van der Waals surface area contributed by atoms with Crippen molar-refractivity contribution >= 4 is 29.3 Å². The number of nitrogens with one attached hydrogen (secondary N) is 1. The van der Waals surface area contributed by atoms with Crippen LogP contribution < -0.4 is 11.1 Å². The molecule has 0 radical (unpaired) electrons. The van der Waals surface area contributed by atoms with Crippen LogP contribution in [0.3, 0.4) is 0 Å². The van der Waals surface area contributed by atoms with E-state index in [1.807, 2.05) is 44.4 Å². The Hall–Kier alpha value is -1.53. The summed E-state index contributed by atoms with van der Waals surface area (Å²) in [4.78, 5) is 26.4. The largest absolute Gasteiger partial charge is 0.335 e. The first-order valence-electron chi connectivity index (χ1n) is 6.80. The van der Waals surface area contributed by atoms with Crippen molar-refractivity contribution in [1.82, 2.24) is 4.90 Å². The van der Waals surface area contributed by atoms with Gasteiger partial charge < -0.3 is 16.0 Å². The normalized spacial score (nSPS) is 12.1. The molecule has 6 heteroatoms. The van der Waals surface area contributed by atoms with Crippen LogP contribution in [0.15, 0.2) is 29.2 Å². The van der Waals surface area contributed by atoms with E-state index >= 15 is 0 Å². The van der Waals surface area contributed by atoms with Gasteiger partial charge in [0.05, 0.1) is 18.3 Å². The molecule has 5 nitrogen and oxygen atoms in total. The number of benzene rings is 1. The summed E-state index contributed by atoms with van der Waals surface area (Å²) >= 11 is 1.56. The Morgan fingerprint density at radius 1 is 1.33 bits per heavy atom. The Labute approximate surface area is 130 Å². The van der Waals surface area contributed by atoms with Crippen LogP contribution in [-0.4, -0.2) is 42.6 Å². The number of carbonyl (C=O) groups is 2. The quantitative estimate of drug-likeness (QED) is 0.786. The molecule has 116 valence electrons. The Kier molecular flexibility index (Phi) is 6.71. The van der Waals surface area contributed by atoms with Gasteiger partial charge >= 0.3 is 0 Å². The van der Waals surface area contributed by atoms with E-state index in [0.29, 0.717) is 0 Å². The molecular formula is C15H23N3O2S. The third-order valence-corrected chi connectivity index (χ3v) is 3.94. The molecule has 21 heavy (non-hydrogen) atoms. The highest BCUT2D eigenvalue weighted by molar-refractivity contribution is 7.98. The van der Waals surface area contributed by atoms with Gasteiger partial charge in [0.1, 0.15) is 0 Å². The van der Waals surface area contributed by atoms with E-state index in [-0.39, 0.29) is 24.3 Å². The molecule has 0 aliphatic rings. The van der Waals surface area contributed by atoms with Crippen molar-refractivity contribution in [3.05, 3.63) is 24.3 Å². The zero-order valence-corrected chi connectivity index (χ0v) is 13.7. The first-order valence-corrected chi connectivity index (χ1v) is 8.02. The van der Waals surface area contributed by atoms with Crippen LogP contribution in [0.4, 0.5) is 5.69 Å². The minimum atomic E-state index is -0.582. The van der Waals surface area contributed by atoms with Gasteiger partial charge in [-0.25, -0.2) is 0 Å². The second-order valence-electron chi connectivity index (χ2n) is 5.21. The molecule has 0 heterocycles. The topological polar surface area (TPSA) is 75.4 Å². The number of carbonyl (C=O) groups excluding carboxylic acids is 2. The van der Waals surface area contributed by atoms with E-state index < -0.39 is 6.04 Å². The Bertz CT molecular complexity index is 505. The van der Waals surface area contributed by atoms with E-state index in [1.165, 1.54) is 4.90 Å². The van der Waals surface area contributed by atoms with Gasteiger partial charge in [0.2, 0.25) is 11.8 Å². The molecule has 0 unspecified atom stereocenters. The predicted molar refractivity (Wildman–Crippen MR) is 87.3 cm³/mol. The summed E-state index contributed by atoms with van der Waals surface area (Å²) in [6.45, 7) is 3.75. The van der Waals surface area contributed by atoms with Crippen LogP contribution in [0.2, 0.25) is 0 Å². The van der Waals surface area contributed by atoms with Gasteiger partial charge in [-0.3, -0.25) is 9.59 Å². The summed E-state index contributed by atoms with van der Waals surface area (Å²) < 4.78 is 0. The van der Waals surface area contributed by atoms with Gasteiger partial charge in [0.15, 0.2) is 0 Å². The van der Waals surface area contributed by atoms with Crippen LogP contribution in [0.5, 0.6) is 0 Å². The van der Waals surface area contributed by atoms with Crippen molar-refractivity contribution in [1.29, 1.82) is 0 Å². The summed E-state index contributed by atoms with van der Waals surface area (Å²) in [6.07, 6.45) is 1.95. The van der Waals surface area contributed by atoms with Crippen molar-refractivity contribution in [3.63, 3.8) is 0 Å². The summed E-state index contributed by atoms with van der Waals surface area (Å²) in [7, 11) is 1.59. The number of likely N-dealkylation sites (N-methyl/N-ethyl adjacent to an activating group) is 1. The summed E-state index contributed by atoms with van der Waals surface area (Å²) in [5.41, 5.74) is 6.56. The molecule has 0 aliphatic heterocycles. The maximum Gasteiger partial charge on any atom is 0.244 e. The van der Waals surface area contributed by atoms with Crippen molar-refractivity contribution < 1.29 is 9.59 Å². The fraction of sp³-hybridized carbons (Fsp3) is 0.467. The number of rotatable bonds is 6. The average Bonchev–Trinajstić information content (AvgIpc) is 2.45. The molecule has 0 saturated carbocycles. The molecule has 0 aliphatic carbocycles. The molecule has 1 rings (SSSR count). The van der Waals surface area contributed by atoms with Gasteiger partial charge in [-0.1, -0.05) is 26.0 Å². The molecule has 0 spiro atoms. The summed E-state index contributed by atoms with van der Waals surface area (Å²) in [5.74, 6) is -0.415. The second kappa shape index (κ2) is 8.05. The lowest BCUT2D eigenvalue weighted by atomic mass is 10.0. The molecule has 0 bridgehead atoms. The second-order valence-corrected chi connectivity index (χ2v) is 6.06. The fourth-order valence-electron chi connectivity index (χ4n) is 1.77. The van der Waals surface area contributed by atoms with E-state index in [9.17, 15) is 9.59 Å². The number of nitrogens with two attached hydrogens (primary N) is 1. The zero-order valence-electron chi connectivity index (χ0n) is 12.9. The first kappa shape index (κ1) is 17.5. The lowest BCUT2D eigenvalue weighted by Crippen LogP contribution is -2.47. The Morgan fingerprint density at radius 3 is 2.52 bits per heavy atom. The van der Waals surface area contributed by atoms with Gasteiger partial charge in [-0.15, -0.1) is 11.8 Å². The van der Waals surface area contributed by atoms with Crippen molar-refractivity contribution in [2.75, 3.05) is 25.2 Å². The third kappa shape index (κ3) is 5.06. The van der Waals surface area contributed by atoms with Gasteiger partial charge in [0.25, 0.3) is 0 Å². The standard InChI is InChI=1S/C15H23N3O2S/c1-10(2)14(16)15(20)18(3)9-13(19)17-11-7-5-6-8-12(11)21-4/h5-8,10,14H,9,16H2,1-4H3,(H,17,19)/t14-/m0/s1. The molecule has 0 saturated heterocycles. The minimum Gasteiger partial charge on any atom is -0.335 e. The average molecular weight is 309 g/mol. The number of nitrogens with zero attached hydrogens (tertiary/aromatic N) is 1. The van der Waals surface area contributed by atoms with Crippen LogP contribution in [0.1, 0.15) is 13.8 Å². The van der Waals surface area contributed by atoms with Crippen molar-refractivity contribution in [2.45, 2.75) is 24.8 Å². The van der Waals surface area contributed by atoms with E-state index in [4.69, 9.17) is 5.73 Å². The molecule has 0 fully saturated rings. The number of thioether (sulfide) groups is 1. The van der Waals surface area contributed by atoms with E-state index in [0.717, 1.165) is 10.6 Å². The Balaban J connectivity index is 2.63. The number of anilines is 1. The maximum atomic E-state index is 12.0. The fourth-order valence-corrected chi connectivity index (χ4v) is 2.32. The van der Waals surface area contributed by atoms with Crippen molar-refractivity contribution in [2.24, 2.45) is 11.7 Å². The van der Waals surface area contributed by atoms with Crippen molar-refractivity contribution in [3.8, 4) is 0 Å². The summed E-state index contributed by atoms with van der Waals surface area (Å²) in [6, 6.07) is 6.97. The van der Waals surface area contributed by atoms with E-state index in [1.54, 1.807) is 18.8 Å². The lowest BCUT2D eigenvalue weighted by Gasteiger charge is -2.23. The van der Waals surface area contributed by atoms with Gasteiger partial charge in [-0.05, 0) is 24.3 Å². The first-order chi connectivity index (χ1) is 9.86. The van der Waals surface area contributed by atoms with Gasteiger partial charge in [0, 0.05) is 11.9 Å². The molecule has 3 N–H and O–H groups in total. The highest BCUT2D eigenvalue weighted by atomic mass is 32.2. The van der Waals surface area contributed by atoms with Crippen LogP contribution in [0.25, 0.3) is 0 Å². The number of para-hydroxylation sites is 1. The molecule has 0 aromatic heterocycles. The zero-order chi connectivity index (χ0) is 16.0. The minimum absolute atomic E-state index is 0.0119. The molecular weight excluding hydrogens is 286 g/mol. The smallest absolute Gasteiger partial charge is 0.244 e. The van der Waals surface area contributed by atoms with Crippen LogP contribution in [-0.2, 0) is 9.59 Å². The maximum absolute atomic E-state index is 12.0. The van der Waals surface area contributed by atoms with Crippen LogP contribution in [0, 0.1) is 5.92 Å². The Morgan fingerprint density at radius 2 is 1.95 bits per heavy atom. The number of amides is 2. The van der Waals surface area contributed by atoms with Gasteiger partial charge in [-0.2, -0.15) is 0 Å². The SMILES string of the molecule is CSc1ccccc1NC(=O)CN(C)C(=O)[C@@H](N)C(C)C. The monoisotopic (exact) mass is 309 g/mol. The number of hydrogen-bond acceptors (Lipinski definition) is 4. The highest BCUT2D eigenvalue weighted by Crippen LogP contribution is 2.24. The van der Waals surface area contributed by atoms with E-state index in [2.05, 4.69) is 5.32 Å². The molecule has 2 amide bonds. The number of hydrogen-bond donors (Lipinski definition) is 2. The lowest BCUT2D eigenvalue weighted by molar-refractivity contribution is -0.135. The highest BCUT2D eigenvalue weighted by Gasteiger charge is 2.22. The summed E-state index contributed by atoms with van der Waals surface area (Å²) in [5, 5.41) is 2.82. The predicted octanol–water partition coefficient (Wildman–Crippen LogP) is 1.79. The third-order valence-electron chi connectivity index (χ3n) is 3.14. The van der Waals surface area contributed by atoms with Crippen LogP contribution >= 0.6 is 11.8 Å².